The Morgan fingerprint density at radius 2 is 1.75 bits per heavy atom. The van der Waals surface area contributed by atoms with Crippen molar-refractivity contribution in [1.29, 1.82) is 0 Å². The lowest BCUT2D eigenvalue weighted by atomic mass is 10.1. The number of nitrogens with zero attached hydrogens (tertiary/aromatic N) is 4. The minimum atomic E-state index is -0.210. The molecule has 7 nitrogen and oxygen atoms in total. The summed E-state index contributed by atoms with van der Waals surface area (Å²) in [6, 6.07) is 18.3. The number of ether oxygens (including phenoxy) is 1. The first-order valence-corrected chi connectivity index (χ1v) is 8.74. The van der Waals surface area contributed by atoms with E-state index in [9.17, 15) is 4.79 Å². The predicted octanol–water partition coefficient (Wildman–Crippen LogP) is 3.33. The van der Waals surface area contributed by atoms with E-state index >= 15 is 0 Å². The van der Waals surface area contributed by atoms with Crippen LogP contribution in [0.2, 0.25) is 0 Å². The largest absolute Gasteiger partial charge is 0.497 e. The van der Waals surface area contributed by atoms with Gasteiger partial charge in [-0.25, -0.2) is 4.68 Å². The Morgan fingerprint density at radius 1 is 1.00 bits per heavy atom. The number of methoxy groups -OCH3 is 1. The molecule has 0 fully saturated rings. The molecule has 0 aliphatic rings. The molecule has 2 aromatic carbocycles. The van der Waals surface area contributed by atoms with Gasteiger partial charge in [-0.05, 0) is 30.7 Å². The number of aryl methyl sites for hydroxylation is 1. The van der Waals surface area contributed by atoms with Gasteiger partial charge in [-0.3, -0.25) is 4.79 Å². The zero-order valence-electron chi connectivity index (χ0n) is 15.5. The summed E-state index contributed by atoms with van der Waals surface area (Å²) in [6.07, 6.45) is 0. The van der Waals surface area contributed by atoms with Crippen LogP contribution in [0.1, 0.15) is 11.1 Å². The van der Waals surface area contributed by atoms with E-state index in [0.717, 1.165) is 22.4 Å². The topological polar surface area (TPSA) is 83.0 Å². The third kappa shape index (κ3) is 3.68. The zero-order chi connectivity index (χ0) is 19.5. The second kappa shape index (κ2) is 7.48. The monoisotopic (exact) mass is 374 g/mol. The van der Waals surface area contributed by atoms with Gasteiger partial charge < -0.3 is 9.26 Å². The highest BCUT2D eigenvalue weighted by atomic mass is 16.5. The van der Waals surface area contributed by atoms with Crippen molar-refractivity contribution in [3.8, 4) is 28.7 Å². The molecule has 0 unspecified atom stereocenters. The highest BCUT2D eigenvalue weighted by Gasteiger charge is 2.13. The second-order valence-electron chi connectivity index (χ2n) is 6.35. The molecule has 4 aromatic rings. The lowest BCUT2D eigenvalue weighted by Gasteiger charge is -2.06. The Balaban J connectivity index is 1.61. The van der Waals surface area contributed by atoms with Gasteiger partial charge in [0.1, 0.15) is 11.4 Å². The molecule has 2 heterocycles. The van der Waals surface area contributed by atoms with Gasteiger partial charge in [0.05, 0.1) is 13.7 Å². The Hall–Kier alpha value is -3.74. The van der Waals surface area contributed by atoms with Crippen molar-refractivity contribution in [3.05, 3.63) is 82.1 Å². The van der Waals surface area contributed by atoms with Crippen LogP contribution in [0.3, 0.4) is 0 Å². The van der Waals surface area contributed by atoms with Crippen molar-refractivity contribution in [2.45, 2.75) is 13.5 Å². The lowest BCUT2D eigenvalue weighted by molar-refractivity contribution is 0.414. The average molecular weight is 374 g/mol. The summed E-state index contributed by atoms with van der Waals surface area (Å²) < 4.78 is 11.9. The summed E-state index contributed by atoms with van der Waals surface area (Å²) in [6.45, 7) is 2.34. The molecule has 0 saturated heterocycles. The molecule has 0 N–H and O–H groups in total. The van der Waals surface area contributed by atoms with Crippen molar-refractivity contribution in [2.24, 2.45) is 0 Å². The number of benzene rings is 2. The Labute approximate surface area is 161 Å². The van der Waals surface area contributed by atoms with Gasteiger partial charge in [-0.15, -0.1) is 0 Å². The first-order valence-electron chi connectivity index (χ1n) is 8.74. The van der Waals surface area contributed by atoms with E-state index < -0.39 is 0 Å². The molecule has 0 spiro atoms. The molecule has 2 aromatic heterocycles. The van der Waals surface area contributed by atoms with Crippen LogP contribution in [0.25, 0.3) is 23.0 Å². The minimum absolute atomic E-state index is 0.210. The van der Waals surface area contributed by atoms with Gasteiger partial charge >= 0.3 is 0 Å². The smallest absolute Gasteiger partial charge is 0.278 e. The maximum absolute atomic E-state index is 12.2. The van der Waals surface area contributed by atoms with E-state index in [1.807, 2.05) is 55.5 Å². The number of aromatic nitrogens is 4. The summed E-state index contributed by atoms with van der Waals surface area (Å²) in [4.78, 5) is 16.6. The van der Waals surface area contributed by atoms with Crippen molar-refractivity contribution >= 4 is 0 Å². The second-order valence-corrected chi connectivity index (χ2v) is 6.35. The van der Waals surface area contributed by atoms with Crippen LogP contribution in [0.4, 0.5) is 0 Å². The Bertz CT molecular complexity index is 1150. The molecular formula is C21H18N4O3. The van der Waals surface area contributed by atoms with Gasteiger partial charge in [0.2, 0.25) is 5.82 Å². The fourth-order valence-corrected chi connectivity index (χ4v) is 2.73. The predicted molar refractivity (Wildman–Crippen MR) is 104 cm³/mol. The zero-order valence-corrected chi connectivity index (χ0v) is 15.5. The summed E-state index contributed by atoms with van der Waals surface area (Å²) in [5.74, 6) is 1.50. The lowest BCUT2D eigenvalue weighted by Crippen LogP contribution is -2.22. The van der Waals surface area contributed by atoms with E-state index in [1.54, 1.807) is 13.2 Å². The van der Waals surface area contributed by atoms with Gasteiger partial charge in [0.25, 0.3) is 11.4 Å². The molecule has 0 radical (unpaired) electrons. The summed E-state index contributed by atoms with van der Waals surface area (Å²) in [7, 11) is 1.61. The van der Waals surface area contributed by atoms with Crippen LogP contribution >= 0.6 is 0 Å². The fraction of sp³-hybridized carbons (Fsp3) is 0.143. The maximum atomic E-state index is 12.2. The van der Waals surface area contributed by atoms with Crippen LogP contribution < -0.4 is 10.3 Å². The van der Waals surface area contributed by atoms with Gasteiger partial charge in [0.15, 0.2) is 0 Å². The van der Waals surface area contributed by atoms with Crippen LogP contribution in [0, 0.1) is 6.92 Å². The quantitative estimate of drug-likeness (QED) is 0.533. The number of hydrogen-bond donors (Lipinski definition) is 0. The molecule has 0 atom stereocenters. The third-order valence-corrected chi connectivity index (χ3v) is 4.31. The fourth-order valence-electron chi connectivity index (χ4n) is 2.73. The molecule has 0 bridgehead atoms. The van der Waals surface area contributed by atoms with E-state index in [1.165, 1.54) is 10.7 Å². The van der Waals surface area contributed by atoms with E-state index in [2.05, 4.69) is 15.2 Å². The number of hydrogen-bond acceptors (Lipinski definition) is 6. The van der Waals surface area contributed by atoms with Gasteiger partial charge in [-0.2, -0.15) is 10.1 Å². The van der Waals surface area contributed by atoms with Crippen molar-refractivity contribution < 1.29 is 9.26 Å². The van der Waals surface area contributed by atoms with E-state index in [-0.39, 0.29) is 11.4 Å². The minimum Gasteiger partial charge on any atom is -0.497 e. The molecule has 4 rings (SSSR count). The number of rotatable bonds is 5. The van der Waals surface area contributed by atoms with Gasteiger partial charge in [-0.1, -0.05) is 47.1 Å². The summed E-state index contributed by atoms with van der Waals surface area (Å²) in [5.41, 5.74) is 3.17. The highest BCUT2D eigenvalue weighted by molar-refractivity contribution is 5.57. The first-order chi connectivity index (χ1) is 13.6. The van der Waals surface area contributed by atoms with Crippen molar-refractivity contribution in [3.63, 3.8) is 0 Å². The van der Waals surface area contributed by atoms with Crippen molar-refractivity contribution in [1.82, 2.24) is 19.9 Å². The van der Waals surface area contributed by atoms with Crippen LogP contribution in [0.5, 0.6) is 5.75 Å². The highest BCUT2D eigenvalue weighted by Crippen LogP contribution is 2.20. The van der Waals surface area contributed by atoms with Crippen LogP contribution in [-0.4, -0.2) is 27.0 Å². The molecule has 0 aliphatic carbocycles. The normalized spacial score (nSPS) is 10.8. The average Bonchev–Trinajstić information content (AvgIpc) is 3.21. The van der Waals surface area contributed by atoms with E-state index in [0.29, 0.717) is 18.1 Å². The van der Waals surface area contributed by atoms with Gasteiger partial charge in [0, 0.05) is 11.6 Å². The summed E-state index contributed by atoms with van der Waals surface area (Å²) in [5, 5.41) is 8.40. The maximum Gasteiger partial charge on any atom is 0.278 e. The van der Waals surface area contributed by atoms with Crippen LogP contribution in [0.15, 0.2) is 70.0 Å². The Morgan fingerprint density at radius 3 is 2.46 bits per heavy atom. The molecule has 140 valence electrons. The molecule has 0 amide bonds. The third-order valence-electron chi connectivity index (χ3n) is 4.31. The standard InChI is InChI=1S/C21H18N4O3/c1-14-3-7-16(8-4-14)20-22-21(28-24-20)18-11-12-19(26)25(23-18)13-15-5-9-17(27-2)10-6-15/h3-12H,13H2,1-2H3. The molecule has 28 heavy (non-hydrogen) atoms. The first kappa shape index (κ1) is 17.7. The van der Waals surface area contributed by atoms with E-state index in [4.69, 9.17) is 9.26 Å². The molecule has 0 aliphatic heterocycles. The Kier molecular flexibility index (Phi) is 4.72. The molecule has 7 heteroatoms. The van der Waals surface area contributed by atoms with Crippen molar-refractivity contribution in [2.75, 3.05) is 7.11 Å². The summed E-state index contributed by atoms with van der Waals surface area (Å²) >= 11 is 0. The molecule has 0 saturated carbocycles. The molecular weight excluding hydrogens is 356 g/mol. The van der Waals surface area contributed by atoms with Crippen LogP contribution in [-0.2, 0) is 6.54 Å². The SMILES string of the molecule is COc1ccc(Cn2nc(-c3nc(-c4ccc(C)cc4)no3)ccc2=O)cc1.